The number of ether oxygens (including phenoxy) is 1. The number of nitrogens with two attached hydrogens (primary N) is 1. The van der Waals surface area contributed by atoms with Crippen LogP contribution in [-0.4, -0.2) is 0 Å². The lowest BCUT2D eigenvalue weighted by molar-refractivity contribution is 0.475. The highest BCUT2D eigenvalue weighted by molar-refractivity contribution is 5.41. The fraction of sp³-hybridized carbons (Fsp3) is 0.294. The van der Waals surface area contributed by atoms with Crippen molar-refractivity contribution in [3.63, 3.8) is 0 Å². The smallest absolute Gasteiger partial charge is 0.131 e. The van der Waals surface area contributed by atoms with Crippen LogP contribution in [0.2, 0.25) is 0 Å². The van der Waals surface area contributed by atoms with E-state index in [1.54, 1.807) is 0 Å². The summed E-state index contributed by atoms with van der Waals surface area (Å²) in [5.74, 6) is 2.20. The Balaban J connectivity index is 2.28. The van der Waals surface area contributed by atoms with Crippen LogP contribution >= 0.6 is 0 Å². The Morgan fingerprint density at radius 1 is 1.11 bits per heavy atom. The van der Waals surface area contributed by atoms with Gasteiger partial charge in [-0.25, -0.2) is 0 Å². The highest BCUT2D eigenvalue weighted by Crippen LogP contribution is 2.28. The van der Waals surface area contributed by atoms with Gasteiger partial charge in [-0.3, -0.25) is 0 Å². The van der Waals surface area contributed by atoms with E-state index in [1.165, 1.54) is 11.1 Å². The van der Waals surface area contributed by atoms with E-state index in [0.717, 1.165) is 17.1 Å². The van der Waals surface area contributed by atoms with Crippen molar-refractivity contribution in [1.29, 1.82) is 0 Å². The van der Waals surface area contributed by atoms with Crippen LogP contribution in [0.5, 0.6) is 11.5 Å². The zero-order valence-electron chi connectivity index (χ0n) is 11.8. The quantitative estimate of drug-likeness (QED) is 0.880. The fourth-order valence-electron chi connectivity index (χ4n) is 2.03. The summed E-state index contributed by atoms with van der Waals surface area (Å²) in [5, 5.41) is 0. The number of benzene rings is 2. The van der Waals surface area contributed by atoms with Crippen LogP contribution in [0.25, 0.3) is 0 Å². The lowest BCUT2D eigenvalue weighted by Crippen LogP contribution is -2.00. The molecule has 100 valence electrons. The molecular weight excluding hydrogens is 234 g/mol. The van der Waals surface area contributed by atoms with Gasteiger partial charge in [0.05, 0.1) is 0 Å². The van der Waals surface area contributed by atoms with Gasteiger partial charge < -0.3 is 10.5 Å². The molecule has 2 aromatic rings. The second kappa shape index (κ2) is 5.89. The monoisotopic (exact) mass is 255 g/mol. The van der Waals surface area contributed by atoms with Crippen LogP contribution in [0.1, 0.15) is 36.5 Å². The maximum atomic E-state index is 5.97. The molecule has 0 saturated carbocycles. The van der Waals surface area contributed by atoms with Gasteiger partial charge in [0.2, 0.25) is 0 Å². The summed E-state index contributed by atoms with van der Waals surface area (Å²) in [7, 11) is 0. The average Bonchev–Trinajstić information content (AvgIpc) is 2.41. The zero-order valence-corrected chi connectivity index (χ0v) is 11.8. The van der Waals surface area contributed by atoms with Crippen molar-refractivity contribution in [2.45, 2.75) is 33.2 Å². The predicted molar refractivity (Wildman–Crippen MR) is 79.7 cm³/mol. The second-order valence-corrected chi connectivity index (χ2v) is 5.14. The molecule has 19 heavy (non-hydrogen) atoms. The Morgan fingerprint density at radius 2 is 1.89 bits per heavy atom. The van der Waals surface area contributed by atoms with E-state index in [9.17, 15) is 0 Å². The molecular formula is C17H21NO. The zero-order chi connectivity index (χ0) is 13.8. The Morgan fingerprint density at radius 3 is 2.58 bits per heavy atom. The summed E-state index contributed by atoms with van der Waals surface area (Å²) in [4.78, 5) is 0. The molecule has 2 rings (SSSR count). The summed E-state index contributed by atoms with van der Waals surface area (Å²) in [6, 6.07) is 14.3. The first-order valence-corrected chi connectivity index (χ1v) is 6.67. The van der Waals surface area contributed by atoms with E-state index in [1.807, 2.05) is 24.3 Å². The molecule has 0 heterocycles. The van der Waals surface area contributed by atoms with E-state index >= 15 is 0 Å². The summed E-state index contributed by atoms with van der Waals surface area (Å²) in [5.41, 5.74) is 9.28. The predicted octanol–water partition coefficient (Wildman–Crippen LogP) is 4.37. The van der Waals surface area contributed by atoms with Gasteiger partial charge in [0.15, 0.2) is 0 Å². The van der Waals surface area contributed by atoms with Crippen molar-refractivity contribution in [2.24, 2.45) is 5.73 Å². The van der Waals surface area contributed by atoms with Crippen LogP contribution < -0.4 is 10.5 Å². The summed E-state index contributed by atoms with van der Waals surface area (Å²) in [6.45, 7) is 6.90. The first-order chi connectivity index (χ1) is 9.10. The van der Waals surface area contributed by atoms with Gasteiger partial charge in [-0.1, -0.05) is 43.7 Å². The van der Waals surface area contributed by atoms with E-state index < -0.39 is 0 Å². The molecule has 0 radical (unpaired) electrons. The molecule has 0 saturated heterocycles. The van der Waals surface area contributed by atoms with Crippen molar-refractivity contribution >= 4 is 0 Å². The van der Waals surface area contributed by atoms with E-state index in [-0.39, 0.29) is 0 Å². The van der Waals surface area contributed by atoms with E-state index in [4.69, 9.17) is 10.5 Å². The number of hydrogen-bond donors (Lipinski definition) is 1. The molecule has 0 amide bonds. The summed E-state index contributed by atoms with van der Waals surface area (Å²) in [6.07, 6.45) is 0. The van der Waals surface area contributed by atoms with Crippen LogP contribution in [0, 0.1) is 6.92 Å². The van der Waals surface area contributed by atoms with Gasteiger partial charge in [0, 0.05) is 12.1 Å². The molecule has 2 heteroatoms. The van der Waals surface area contributed by atoms with Crippen molar-refractivity contribution in [3.8, 4) is 11.5 Å². The van der Waals surface area contributed by atoms with Gasteiger partial charge in [-0.2, -0.15) is 0 Å². The molecule has 0 aliphatic heterocycles. The van der Waals surface area contributed by atoms with Crippen molar-refractivity contribution in [1.82, 2.24) is 0 Å². The van der Waals surface area contributed by atoms with Crippen LogP contribution in [-0.2, 0) is 6.54 Å². The summed E-state index contributed by atoms with van der Waals surface area (Å²) >= 11 is 0. The Kier molecular flexibility index (Phi) is 4.23. The molecule has 2 nitrogen and oxygen atoms in total. The summed E-state index contributed by atoms with van der Waals surface area (Å²) < 4.78 is 5.97. The minimum atomic E-state index is 0.487. The SMILES string of the molecule is Cc1ccc(Oc2cccc(C(C)C)c2)c(CN)c1. The maximum Gasteiger partial charge on any atom is 0.131 e. The van der Waals surface area contributed by atoms with Crippen LogP contribution in [0.4, 0.5) is 0 Å². The normalized spacial score (nSPS) is 10.8. The fourth-order valence-corrected chi connectivity index (χ4v) is 2.03. The van der Waals surface area contributed by atoms with Crippen molar-refractivity contribution in [2.75, 3.05) is 0 Å². The van der Waals surface area contributed by atoms with Gasteiger partial charge >= 0.3 is 0 Å². The van der Waals surface area contributed by atoms with E-state index in [2.05, 4.69) is 39.0 Å². The molecule has 0 aliphatic carbocycles. The highest BCUT2D eigenvalue weighted by atomic mass is 16.5. The molecule has 2 N–H and O–H groups in total. The first-order valence-electron chi connectivity index (χ1n) is 6.67. The van der Waals surface area contributed by atoms with Gasteiger partial charge in [-0.05, 0) is 36.6 Å². The molecule has 0 unspecified atom stereocenters. The lowest BCUT2D eigenvalue weighted by atomic mass is 10.0. The maximum absolute atomic E-state index is 5.97. The first kappa shape index (κ1) is 13.6. The van der Waals surface area contributed by atoms with Crippen molar-refractivity contribution in [3.05, 3.63) is 59.2 Å². The third-order valence-corrected chi connectivity index (χ3v) is 3.19. The van der Waals surface area contributed by atoms with Gasteiger partial charge in [0.25, 0.3) is 0 Å². The highest BCUT2D eigenvalue weighted by Gasteiger charge is 2.06. The Labute approximate surface area is 115 Å². The molecule has 0 fully saturated rings. The van der Waals surface area contributed by atoms with Crippen LogP contribution in [0.3, 0.4) is 0 Å². The average molecular weight is 255 g/mol. The molecule has 0 spiro atoms. The Hall–Kier alpha value is -1.80. The lowest BCUT2D eigenvalue weighted by Gasteiger charge is -2.12. The molecule has 0 aliphatic rings. The second-order valence-electron chi connectivity index (χ2n) is 5.14. The van der Waals surface area contributed by atoms with Gasteiger partial charge in [-0.15, -0.1) is 0 Å². The van der Waals surface area contributed by atoms with E-state index in [0.29, 0.717) is 12.5 Å². The molecule has 0 atom stereocenters. The Bertz CT molecular complexity index is 561. The third-order valence-electron chi connectivity index (χ3n) is 3.19. The molecule has 2 aromatic carbocycles. The van der Waals surface area contributed by atoms with Gasteiger partial charge in [0.1, 0.15) is 11.5 Å². The number of aryl methyl sites for hydroxylation is 1. The van der Waals surface area contributed by atoms with Crippen molar-refractivity contribution < 1.29 is 4.74 Å². The largest absolute Gasteiger partial charge is 0.457 e. The molecule has 0 bridgehead atoms. The number of hydrogen-bond acceptors (Lipinski definition) is 2. The standard InChI is InChI=1S/C17H21NO/c1-12(2)14-5-4-6-16(10-14)19-17-8-7-13(3)9-15(17)11-18/h4-10,12H,11,18H2,1-3H3. The minimum Gasteiger partial charge on any atom is -0.457 e. The number of rotatable bonds is 4. The third kappa shape index (κ3) is 3.36. The molecule has 0 aromatic heterocycles. The van der Waals surface area contributed by atoms with Crippen LogP contribution in [0.15, 0.2) is 42.5 Å². The topological polar surface area (TPSA) is 35.2 Å². The minimum absolute atomic E-state index is 0.487.